The van der Waals surface area contributed by atoms with Crippen LogP contribution in [0.5, 0.6) is 0 Å². The summed E-state index contributed by atoms with van der Waals surface area (Å²) < 4.78 is 11.0. The Balaban J connectivity index is 1.97. The molecule has 0 spiro atoms. The smallest absolute Gasteiger partial charge is 0.0594 e. The lowest BCUT2D eigenvalue weighted by atomic mass is 9.82. The first-order chi connectivity index (χ1) is 10.1. The number of ether oxygens (including phenoxy) is 2. The molecule has 0 aromatic heterocycles. The van der Waals surface area contributed by atoms with E-state index in [4.69, 9.17) is 9.47 Å². The van der Waals surface area contributed by atoms with Crippen LogP contribution in [0.1, 0.15) is 46.5 Å². The summed E-state index contributed by atoms with van der Waals surface area (Å²) in [4.78, 5) is 2.61. The Bertz CT molecular complexity index is 285. The summed E-state index contributed by atoms with van der Waals surface area (Å²) in [6, 6.07) is 0.554. The van der Waals surface area contributed by atoms with Crippen LogP contribution in [0.4, 0.5) is 0 Å². The molecule has 1 unspecified atom stereocenters. The molecule has 0 aromatic rings. The van der Waals surface area contributed by atoms with Crippen LogP contribution < -0.4 is 5.32 Å². The van der Waals surface area contributed by atoms with Gasteiger partial charge in [-0.25, -0.2) is 0 Å². The molecule has 124 valence electrons. The molecular weight excluding hydrogens is 264 g/mol. The van der Waals surface area contributed by atoms with Crippen LogP contribution in [0.15, 0.2) is 0 Å². The van der Waals surface area contributed by atoms with Gasteiger partial charge >= 0.3 is 0 Å². The molecule has 0 aliphatic carbocycles. The summed E-state index contributed by atoms with van der Waals surface area (Å²) in [5, 5.41) is 3.83. The first-order valence-corrected chi connectivity index (χ1v) is 8.78. The second-order valence-corrected chi connectivity index (χ2v) is 7.05. The minimum atomic E-state index is 0.192. The number of rotatable bonds is 7. The highest BCUT2D eigenvalue weighted by molar-refractivity contribution is 4.95. The largest absolute Gasteiger partial charge is 0.381 e. The van der Waals surface area contributed by atoms with Gasteiger partial charge in [0.15, 0.2) is 0 Å². The molecule has 4 nitrogen and oxygen atoms in total. The number of morpholine rings is 1. The second kappa shape index (κ2) is 8.47. The summed E-state index contributed by atoms with van der Waals surface area (Å²) in [5.74, 6) is 0.813. The SMILES string of the molecule is CCCNC(CC1CCOCC1)C(C)(C)N1CCOCC1. The van der Waals surface area contributed by atoms with Crippen LogP contribution in [-0.4, -0.2) is 62.5 Å². The van der Waals surface area contributed by atoms with Crippen molar-refractivity contribution in [3.63, 3.8) is 0 Å². The third-order valence-electron chi connectivity index (χ3n) is 5.23. The molecule has 2 aliphatic rings. The number of hydrogen-bond acceptors (Lipinski definition) is 4. The van der Waals surface area contributed by atoms with Crippen LogP contribution in [0.3, 0.4) is 0 Å². The summed E-state index contributed by atoms with van der Waals surface area (Å²) >= 11 is 0. The number of nitrogens with zero attached hydrogens (tertiary/aromatic N) is 1. The van der Waals surface area contributed by atoms with Gasteiger partial charge in [-0.05, 0) is 52.0 Å². The van der Waals surface area contributed by atoms with E-state index in [9.17, 15) is 0 Å². The van der Waals surface area contributed by atoms with Gasteiger partial charge < -0.3 is 14.8 Å². The van der Waals surface area contributed by atoms with Gasteiger partial charge in [0.1, 0.15) is 0 Å². The standard InChI is InChI=1S/C17H34N2O2/c1-4-7-18-16(14-15-5-10-20-11-6-15)17(2,3)19-8-12-21-13-9-19/h15-16,18H,4-14H2,1-3H3. The first-order valence-electron chi connectivity index (χ1n) is 8.78. The first kappa shape index (κ1) is 17.2. The topological polar surface area (TPSA) is 33.7 Å². The molecular formula is C17H34N2O2. The molecule has 1 N–H and O–H groups in total. The van der Waals surface area contributed by atoms with Crippen molar-refractivity contribution in [2.45, 2.75) is 58.0 Å². The van der Waals surface area contributed by atoms with Crippen molar-refractivity contribution >= 4 is 0 Å². The Kier molecular flexibility index (Phi) is 6.93. The highest BCUT2D eigenvalue weighted by atomic mass is 16.5. The molecule has 21 heavy (non-hydrogen) atoms. The third kappa shape index (κ3) is 4.92. The van der Waals surface area contributed by atoms with E-state index in [0.717, 1.165) is 52.0 Å². The molecule has 4 heteroatoms. The van der Waals surface area contributed by atoms with Crippen molar-refractivity contribution < 1.29 is 9.47 Å². The van der Waals surface area contributed by atoms with E-state index in [1.54, 1.807) is 0 Å². The lowest BCUT2D eigenvalue weighted by Crippen LogP contribution is -2.61. The molecule has 2 rings (SSSR count). The van der Waals surface area contributed by atoms with Crippen LogP contribution >= 0.6 is 0 Å². The van der Waals surface area contributed by atoms with Crippen molar-refractivity contribution in [3.8, 4) is 0 Å². The van der Waals surface area contributed by atoms with Gasteiger partial charge in [0.25, 0.3) is 0 Å². The van der Waals surface area contributed by atoms with Crippen molar-refractivity contribution in [1.82, 2.24) is 10.2 Å². The quantitative estimate of drug-likeness (QED) is 0.782. The van der Waals surface area contributed by atoms with Gasteiger partial charge in [-0.3, -0.25) is 4.90 Å². The molecule has 1 atom stereocenters. The lowest BCUT2D eigenvalue weighted by Gasteiger charge is -2.47. The van der Waals surface area contributed by atoms with Crippen LogP contribution in [0.25, 0.3) is 0 Å². The Morgan fingerprint density at radius 1 is 1.10 bits per heavy atom. The second-order valence-electron chi connectivity index (χ2n) is 7.05. The minimum Gasteiger partial charge on any atom is -0.381 e. The summed E-state index contributed by atoms with van der Waals surface area (Å²) in [6.07, 6.45) is 4.92. The molecule has 0 bridgehead atoms. The normalized spacial score (nSPS) is 24.1. The van der Waals surface area contributed by atoms with E-state index >= 15 is 0 Å². The zero-order valence-corrected chi connectivity index (χ0v) is 14.2. The maximum atomic E-state index is 5.53. The Morgan fingerprint density at radius 3 is 2.33 bits per heavy atom. The summed E-state index contributed by atoms with van der Waals surface area (Å²) in [6.45, 7) is 13.9. The van der Waals surface area contributed by atoms with Gasteiger partial charge in [-0.15, -0.1) is 0 Å². The summed E-state index contributed by atoms with van der Waals surface area (Å²) in [7, 11) is 0. The minimum absolute atomic E-state index is 0.192. The highest BCUT2D eigenvalue weighted by Gasteiger charge is 2.37. The van der Waals surface area contributed by atoms with Gasteiger partial charge in [0, 0.05) is 37.9 Å². The fourth-order valence-electron chi connectivity index (χ4n) is 3.62. The maximum Gasteiger partial charge on any atom is 0.0594 e. The molecule has 2 saturated heterocycles. The van der Waals surface area contributed by atoms with E-state index in [-0.39, 0.29) is 5.54 Å². The van der Waals surface area contributed by atoms with Gasteiger partial charge in [0.2, 0.25) is 0 Å². The predicted octanol–water partition coefficient (Wildman–Crippen LogP) is 2.28. The predicted molar refractivity (Wildman–Crippen MR) is 86.7 cm³/mol. The lowest BCUT2D eigenvalue weighted by molar-refractivity contribution is -0.0296. The fourth-order valence-corrected chi connectivity index (χ4v) is 3.62. The van der Waals surface area contributed by atoms with Gasteiger partial charge in [-0.2, -0.15) is 0 Å². The van der Waals surface area contributed by atoms with Crippen molar-refractivity contribution in [1.29, 1.82) is 0 Å². The number of nitrogens with one attached hydrogen (secondary N) is 1. The van der Waals surface area contributed by atoms with E-state index in [1.807, 2.05) is 0 Å². The van der Waals surface area contributed by atoms with E-state index < -0.39 is 0 Å². The zero-order chi connectivity index (χ0) is 15.1. The maximum absolute atomic E-state index is 5.53. The molecule has 0 saturated carbocycles. The molecule has 2 heterocycles. The van der Waals surface area contributed by atoms with Crippen molar-refractivity contribution in [2.24, 2.45) is 5.92 Å². The Morgan fingerprint density at radius 2 is 1.71 bits per heavy atom. The molecule has 0 radical (unpaired) electrons. The zero-order valence-electron chi connectivity index (χ0n) is 14.2. The summed E-state index contributed by atoms with van der Waals surface area (Å²) in [5.41, 5.74) is 0.192. The average Bonchev–Trinajstić information content (AvgIpc) is 2.53. The fraction of sp³-hybridized carbons (Fsp3) is 1.00. The van der Waals surface area contributed by atoms with Crippen LogP contribution in [0, 0.1) is 5.92 Å². The van der Waals surface area contributed by atoms with Crippen LogP contribution in [-0.2, 0) is 9.47 Å². The van der Waals surface area contributed by atoms with Crippen molar-refractivity contribution in [3.05, 3.63) is 0 Å². The van der Waals surface area contributed by atoms with Gasteiger partial charge in [-0.1, -0.05) is 6.92 Å². The molecule has 2 fully saturated rings. The van der Waals surface area contributed by atoms with E-state index in [1.165, 1.54) is 25.7 Å². The van der Waals surface area contributed by atoms with Crippen molar-refractivity contribution in [2.75, 3.05) is 46.1 Å². The molecule has 2 aliphatic heterocycles. The molecule has 0 amide bonds. The van der Waals surface area contributed by atoms with Gasteiger partial charge in [0.05, 0.1) is 13.2 Å². The average molecular weight is 298 g/mol. The molecule has 0 aromatic carbocycles. The Labute approximate surface area is 130 Å². The highest BCUT2D eigenvalue weighted by Crippen LogP contribution is 2.28. The Hall–Kier alpha value is -0.160. The number of hydrogen-bond donors (Lipinski definition) is 1. The van der Waals surface area contributed by atoms with Crippen LogP contribution in [0.2, 0.25) is 0 Å². The third-order valence-corrected chi connectivity index (χ3v) is 5.23. The van der Waals surface area contributed by atoms with E-state index in [0.29, 0.717) is 6.04 Å². The van der Waals surface area contributed by atoms with E-state index in [2.05, 4.69) is 31.0 Å². The monoisotopic (exact) mass is 298 g/mol.